The molecule has 0 bridgehead atoms. The van der Waals surface area contributed by atoms with Gasteiger partial charge in [-0.1, -0.05) is 36.4 Å². The van der Waals surface area contributed by atoms with E-state index in [0.29, 0.717) is 12.1 Å². The van der Waals surface area contributed by atoms with Crippen LogP contribution in [0, 0.1) is 0 Å². The minimum absolute atomic E-state index is 0.137. The van der Waals surface area contributed by atoms with Gasteiger partial charge in [-0.15, -0.1) is 0 Å². The molecule has 2 aliphatic rings. The summed E-state index contributed by atoms with van der Waals surface area (Å²) in [5.41, 5.74) is 4.49. The molecule has 2 aromatic rings. The summed E-state index contributed by atoms with van der Waals surface area (Å²) in [7, 11) is 0. The molecule has 4 rings (SSSR count). The van der Waals surface area contributed by atoms with Crippen molar-refractivity contribution in [2.24, 2.45) is 0 Å². The smallest absolute Gasteiger partial charge is 0.251 e. The Morgan fingerprint density at radius 2 is 1.83 bits per heavy atom. The Bertz CT molecular complexity index is 851. The number of carbonyl (C=O) groups is 1. The standard InChI is InChI=1S/C24H31N3O3/c28-23(18-27-9-8-20-5-1-2-6-22(20)17-27)15-25-24(29)21-7-3-4-19(14-21)16-26-10-12-30-13-11-26/h1-7,14,23,28H,8-13,15-18H2,(H,25,29). The second kappa shape index (κ2) is 10.2. The Hall–Kier alpha value is -2.25. The molecule has 1 unspecified atom stereocenters. The Balaban J connectivity index is 1.24. The van der Waals surface area contributed by atoms with Crippen molar-refractivity contribution in [3.63, 3.8) is 0 Å². The number of aliphatic hydroxyl groups is 1. The molecule has 0 aliphatic carbocycles. The fourth-order valence-corrected chi connectivity index (χ4v) is 4.21. The zero-order valence-corrected chi connectivity index (χ0v) is 17.4. The summed E-state index contributed by atoms with van der Waals surface area (Å²) >= 11 is 0. The van der Waals surface area contributed by atoms with Crippen molar-refractivity contribution < 1.29 is 14.6 Å². The molecule has 6 nitrogen and oxygen atoms in total. The van der Waals surface area contributed by atoms with E-state index in [4.69, 9.17) is 4.74 Å². The molecule has 0 saturated carbocycles. The van der Waals surface area contributed by atoms with Gasteiger partial charge in [0.15, 0.2) is 0 Å². The number of amides is 1. The fraction of sp³-hybridized carbons (Fsp3) is 0.458. The van der Waals surface area contributed by atoms with Crippen LogP contribution < -0.4 is 5.32 Å². The maximum absolute atomic E-state index is 12.6. The predicted octanol–water partition coefficient (Wildman–Crippen LogP) is 1.67. The molecule has 30 heavy (non-hydrogen) atoms. The summed E-state index contributed by atoms with van der Waals surface area (Å²) in [5, 5.41) is 13.3. The molecular weight excluding hydrogens is 378 g/mol. The van der Waals surface area contributed by atoms with Gasteiger partial charge in [0.1, 0.15) is 0 Å². The Morgan fingerprint density at radius 1 is 1.03 bits per heavy atom. The van der Waals surface area contributed by atoms with E-state index in [1.54, 1.807) is 0 Å². The lowest BCUT2D eigenvalue weighted by molar-refractivity contribution is 0.0342. The number of hydrogen-bond donors (Lipinski definition) is 2. The molecule has 160 valence electrons. The van der Waals surface area contributed by atoms with E-state index in [2.05, 4.69) is 45.4 Å². The maximum Gasteiger partial charge on any atom is 0.251 e. The molecule has 2 N–H and O–H groups in total. The number of benzene rings is 2. The first-order valence-corrected chi connectivity index (χ1v) is 10.8. The Kier molecular flexibility index (Phi) is 7.12. The highest BCUT2D eigenvalue weighted by Gasteiger charge is 2.19. The average Bonchev–Trinajstić information content (AvgIpc) is 2.78. The van der Waals surface area contributed by atoms with Gasteiger partial charge in [0, 0.05) is 51.4 Å². The van der Waals surface area contributed by atoms with Crippen LogP contribution in [0.2, 0.25) is 0 Å². The number of aliphatic hydroxyl groups excluding tert-OH is 1. The lowest BCUT2D eigenvalue weighted by Gasteiger charge is -2.30. The number of rotatable bonds is 7. The van der Waals surface area contributed by atoms with Gasteiger partial charge in [-0.05, 0) is 35.2 Å². The molecule has 0 radical (unpaired) electrons. The van der Waals surface area contributed by atoms with E-state index in [-0.39, 0.29) is 12.5 Å². The van der Waals surface area contributed by atoms with Crippen molar-refractivity contribution in [3.05, 3.63) is 70.8 Å². The fourth-order valence-electron chi connectivity index (χ4n) is 4.21. The molecular formula is C24H31N3O3. The summed E-state index contributed by atoms with van der Waals surface area (Å²) in [6.07, 6.45) is 0.418. The van der Waals surface area contributed by atoms with Crippen LogP contribution in [0.25, 0.3) is 0 Å². The van der Waals surface area contributed by atoms with Crippen LogP contribution in [0.3, 0.4) is 0 Å². The van der Waals surface area contributed by atoms with Crippen LogP contribution in [-0.2, 0) is 24.2 Å². The molecule has 6 heteroatoms. The van der Waals surface area contributed by atoms with Crippen LogP contribution in [0.4, 0.5) is 0 Å². The van der Waals surface area contributed by atoms with Gasteiger partial charge in [0.25, 0.3) is 5.91 Å². The highest BCUT2D eigenvalue weighted by molar-refractivity contribution is 5.94. The normalized spacial score (nSPS) is 18.6. The molecule has 0 spiro atoms. The Morgan fingerprint density at radius 3 is 2.67 bits per heavy atom. The SMILES string of the molecule is O=C(NCC(O)CN1CCc2ccccc2C1)c1cccc(CN2CCOCC2)c1. The molecule has 2 heterocycles. The highest BCUT2D eigenvalue weighted by atomic mass is 16.5. The Labute approximate surface area is 178 Å². The number of nitrogens with zero attached hydrogens (tertiary/aromatic N) is 2. The number of ether oxygens (including phenoxy) is 1. The first kappa shape index (κ1) is 21.0. The molecule has 1 amide bonds. The largest absolute Gasteiger partial charge is 0.390 e. The minimum Gasteiger partial charge on any atom is -0.390 e. The summed E-state index contributed by atoms with van der Waals surface area (Å²) < 4.78 is 5.39. The molecule has 1 fully saturated rings. The van der Waals surface area contributed by atoms with Gasteiger partial charge in [-0.2, -0.15) is 0 Å². The number of nitrogens with one attached hydrogen (secondary N) is 1. The summed E-state index contributed by atoms with van der Waals surface area (Å²) in [6.45, 7) is 6.80. The van der Waals surface area contributed by atoms with Gasteiger partial charge in [-0.3, -0.25) is 14.6 Å². The first-order valence-electron chi connectivity index (χ1n) is 10.8. The summed E-state index contributed by atoms with van der Waals surface area (Å²) in [5.74, 6) is -0.137. The third-order valence-electron chi connectivity index (χ3n) is 5.88. The molecule has 2 aromatic carbocycles. The number of β-amino-alcohol motifs (C(OH)–C–C–N with tert-alkyl or cyclic N) is 1. The lowest BCUT2D eigenvalue weighted by Crippen LogP contribution is -2.42. The van der Waals surface area contributed by atoms with Crippen molar-refractivity contribution in [1.29, 1.82) is 0 Å². The van der Waals surface area contributed by atoms with Crippen LogP contribution in [0.5, 0.6) is 0 Å². The number of carbonyl (C=O) groups excluding carboxylic acids is 1. The second-order valence-corrected chi connectivity index (χ2v) is 8.21. The van der Waals surface area contributed by atoms with Crippen LogP contribution in [-0.4, -0.2) is 72.9 Å². The maximum atomic E-state index is 12.6. The quantitative estimate of drug-likeness (QED) is 0.728. The third-order valence-corrected chi connectivity index (χ3v) is 5.88. The van der Waals surface area contributed by atoms with E-state index in [0.717, 1.165) is 57.9 Å². The zero-order valence-electron chi connectivity index (χ0n) is 17.4. The van der Waals surface area contributed by atoms with E-state index in [1.807, 2.05) is 18.2 Å². The van der Waals surface area contributed by atoms with Crippen molar-refractivity contribution in [3.8, 4) is 0 Å². The van der Waals surface area contributed by atoms with Gasteiger partial charge in [0.05, 0.1) is 19.3 Å². The predicted molar refractivity (Wildman–Crippen MR) is 116 cm³/mol. The summed E-state index contributed by atoms with van der Waals surface area (Å²) in [6, 6.07) is 16.2. The van der Waals surface area contributed by atoms with Gasteiger partial charge >= 0.3 is 0 Å². The average molecular weight is 410 g/mol. The topological polar surface area (TPSA) is 65.0 Å². The first-order chi connectivity index (χ1) is 14.7. The molecule has 1 atom stereocenters. The molecule has 0 aromatic heterocycles. The molecule has 1 saturated heterocycles. The third kappa shape index (κ3) is 5.67. The minimum atomic E-state index is -0.587. The lowest BCUT2D eigenvalue weighted by atomic mass is 10.00. The monoisotopic (exact) mass is 409 g/mol. The van der Waals surface area contributed by atoms with E-state index in [9.17, 15) is 9.90 Å². The van der Waals surface area contributed by atoms with Crippen molar-refractivity contribution in [1.82, 2.24) is 15.1 Å². The van der Waals surface area contributed by atoms with Gasteiger partial charge < -0.3 is 15.2 Å². The zero-order chi connectivity index (χ0) is 20.8. The second-order valence-electron chi connectivity index (χ2n) is 8.21. The van der Waals surface area contributed by atoms with Crippen LogP contribution >= 0.6 is 0 Å². The number of fused-ring (bicyclic) bond motifs is 1. The van der Waals surface area contributed by atoms with Gasteiger partial charge in [0.2, 0.25) is 0 Å². The van der Waals surface area contributed by atoms with Crippen molar-refractivity contribution in [2.75, 3.05) is 45.9 Å². The highest BCUT2D eigenvalue weighted by Crippen LogP contribution is 2.18. The number of hydrogen-bond acceptors (Lipinski definition) is 5. The van der Waals surface area contributed by atoms with Crippen molar-refractivity contribution >= 4 is 5.91 Å². The van der Waals surface area contributed by atoms with Gasteiger partial charge in [-0.25, -0.2) is 0 Å². The van der Waals surface area contributed by atoms with E-state index < -0.39 is 6.10 Å². The number of morpholine rings is 1. The van der Waals surface area contributed by atoms with E-state index >= 15 is 0 Å². The van der Waals surface area contributed by atoms with Crippen LogP contribution in [0.1, 0.15) is 27.0 Å². The van der Waals surface area contributed by atoms with Crippen molar-refractivity contribution in [2.45, 2.75) is 25.6 Å². The van der Waals surface area contributed by atoms with Crippen LogP contribution in [0.15, 0.2) is 48.5 Å². The molecule has 2 aliphatic heterocycles. The summed E-state index contributed by atoms with van der Waals surface area (Å²) in [4.78, 5) is 17.2. The van der Waals surface area contributed by atoms with E-state index in [1.165, 1.54) is 11.1 Å².